The van der Waals surface area contributed by atoms with Crippen molar-refractivity contribution in [3.63, 3.8) is 0 Å². The molecule has 3 aromatic heterocycles. The minimum Gasteiger partial charge on any atom is -0.384 e. The summed E-state index contributed by atoms with van der Waals surface area (Å²) in [5.74, 6) is 0.773. The number of anilines is 1. The fourth-order valence-electron chi connectivity index (χ4n) is 3.07. The third-order valence-electron chi connectivity index (χ3n) is 4.21. The molecule has 4 rings (SSSR count). The first-order valence-corrected chi connectivity index (χ1v) is 7.66. The van der Waals surface area contributed by atoms with Gasteiger partial charge in [-0.05, 0) is 18.9 Å². The van der Waals surface area contributed by atoms with Crippen LogP contribution in [-0.4, -0.2) is 46.8 Å². The molecule has 0 aromatic carbocycles. The smallest absolute Gasteiger partial charge is 0.275 e. The third kappa shape index (κ3) is 2.25. The van der Waals surface area contributed by atoms with Crippen LogP contribution in [0.15, 0.2) is 24.9 Å². The zero-order valence-electron chi connectivity index (χ0n) is 13.1. The lowest BCUT2D eigenvalue weighted by Gasteiger charge is -2.23. The summed E-state index contributed by atoms with van der Waals surface area (Å²) < 4.78 is 1.76. The molecule has 2 N–H and O–H groups in total. The summed E-state index contributed by atoms with van der Waals surface area (Å²) in [5.41, 5.74) is 7.18. The van der Waals surface area contributed by atoms with Crippen molar-refractivity contribution in [2.75, 3.05) is 12.3 Å². The average Bonchev–Trinajstić information content (AvgIpc) is 3.21. The van der Waals surface area contributed by atoms with Crippen molar-refractivity contribution >= 4 is 22.9 Å². The molecule has 9 heteroatoms. The number of imidazole rings is 1. The Kier molecular flexibility index (Phi) is 3.33. The van der Waals surface area contributed by atoms with Gasteiger partial charge in [0.2, 0.25) is 0 Å². The second kappa shape index (κ2) is 5.52. The molecule has 1 unspecified atom stereocenters. The van der Waals surface area contributed by atoms with Gasteiger partial charge in [0.05, 0.1) is 12.4 Å². The van der Waals surface area contributed by atoms with Crippen LogP contribution in [0.3, 0.4) is 0 Å². The van der Waals surface area contributed by atoms with Crippen LogP contribution in [0.25, 0.3) is 11.2 Å². The Labute approximate surface area is 137 Å². The molecule has 1 aliphatic heterocycles. The molecule has 1 aliphatic rings. The molecule has 9 nitrogen and oxygen atoms in total. The highest BCUT2D eigenvalue weighted by Crippen LogP contribution is 2.31. The van der Waals surface area contributed by atoms with E-state index in [9.17, 15) is 4.79 Å². The number of amides is 1. The highest BCUT2D eigenvalue weighted by Gasteiger charge is 2.34. The lowest BCUT2D eigenvalue weighted by molar-refractivity contribution is 0.0725. The highest BCUT2D eigenvalue weighted by molar-refractivity contribution is 6.02. The number of hydrogen-bond donors (Lipinski definition) is 1. The predicted molar refractivity (Wildman–Crippen MR) is 85.8 cm³/mol. The van der Waals surface area contributed by atoms with Crippen LogP contribution in [0.4, 0.5) is 5.82 Å². The van der Waals surface area contributed by atoms with Crippen LogP contribution in [0, 0.1) is 0 Å². The number of nitrogens with two attached hydrogens (primary N) is 1. The number of fused-ring (bicyclic) bond motifs is 1. The van der Waals surface area contributed by atoms with Crippen molar-refractivity contribution in [1.82, 2.24) is 34.4 Å². The van der Waals surface area contributed by atoms with Gasteiger partial charge in [0, 0.05) is 19.8 Å². The number of carbonyl (C=O) groups excluding carboxylic acids is 1. The number of aryl methyl sites for hydroxylation is 1. The molecular formula is C15H16N8O. The molecule has 3 aromatic rings. The Balaban J connectivity index is 1.72. The van der Waals surface area contributed by atoms with Gasteiger partial charge in [0.15, 0.2) is 17.2 Å². The Bertz CT molecular complexity index is 921. The van der Waals surface area contributed by atoms with Crippen molar-refractivity contribution in [3.05, 3.63) is 36.4 Å². The second-order valence-electron chi connectivity index (χ2n) is 5.75. The summed E-state index contributed by atoms with van der Waals surface area (Å²) in [5, 5.41) is 0. The normalized spacial score (nSPS) is 17.5. The molecule has 4 heterocycles. The highest BCUT2D eigenvalue weighted by atomic mass is 16.2. The van der Waals surface area contributed by atoms with Crippen molar-refractivity contribution in [2.45, 2.75) is 18.9 Å². The predicted octanol–water partition coefficient (Wildman–Crippen LogP) is 0.713. The van der Waals surface area contributed by atoms with E-state index in [1.165, 1.54) is 6.33 Å². The first kappa shape index (κ1) is 14.5. The second-order valence-corrected chi connectivity index (χ2v) is 5.75. The van der Waals surface area contributed by atoms with Crippen LogP contribution in [-0.2, 0) is 7.05 Å². The topological polar surface area (TPSA) is 116 Å². The minimum absolute atomic E-state index is 0.186. The SMILES string of the molecule is Cn1cnc2c(C(=O)N3CCCC3c3nccc(N)n3)ncnc21. The quantitative estimate of drug-likeness (QED) is 0.738. The number of aromatic nitrogens is 6. The summed E-state index contributed by atoms with van der Waals surface area (Å²) in [6.07, 6.45) is 6.30. The molecule has 24 heavy (non-hydrogen) atoms. The van der Waals surface area contributed by atoms with Crippen molar-refractivity contribution in [3.8, 4) is 0 Å². The number of nitrogen functional groups attached to an aromatic ring is 1. The van der Waals surface area contributed by atoms with Crippen molar-refractivity contribution in [2.24, 2.45) is 7.05 Å². The van der Waals surface area contributed by atoms with Crippen LogP contribution in [0.2, 0.25) is 0 Å². The Morgan fingerprint density at radius 3 is 3.00 bits per heavy atom. The maximum atomic E-state index is 13.0. The van der Waals surface area contributed by atoms with Crippen LogP contribution >= 0.6 is 0 Å². The first-order chi connectivity index (χ1) is 11.6. The molecular weight excluding hydrogens is 308 g/mol. The van der Waals surface area contributed by atoms with Crippen LogP contribution in [0.1, 0.15) is 35.2 Å². The molecule has 0 bridgehead atoms. The van der Waals surface area contributed by atoms with E-state index in [4.69, 9.17) is 5.73 Å². The van der Waals surface area contributed by atoms with Gasteiger partial charge in [-0.25, -0.2) is 24.9 Å². The monoisotopic (exact) mass is 324 g/mol. The zero-order valence-corrected chi connectivity index (χ0v) is 13.1. The summed E-state index contributed by atoms with van der Waals surface area (Å²) in [7, 11) is 1.83. The molecule has 1 amide bonds. The van der Waals surface area contributed by atoms with Gasteiger partial charge in [0.25, 0.3) is 5.91 Å². The molecule has 0 aliphatic carbocycles. The van der Waals surface area contributed by atoms with Gasteiger partial charge < -0.3 is 15.2 Å². The van der Waals surface area contributed by atoms with Gasteiger partial charge in [-0.3, -0.25) is 4.79 Å². The number of hydrogen-bond acceptors (Lipinski definition) is 7. The average molecular weight is 324 g/mol. The van der Waals surface area contributed by atoms with Crippen LogP contribution < -0.4 is 5.73 Å². The lowest BCUT2D eigenvalue weighted by atomic mass is 10.2. The van der Waals surface area contributed by atoms with Gasteiger partial charge >= 0.3 is 0 Å². The molecule has 0 saturated carbocycles. The van der Waals surface area contributed by atoms with Gasteiger partial charge in [-0.15, -0.1) is 0 Å². The molecule has 1 fully saturated rings. The third-order valence-corrected chi connectivity index (χ3v) is 4.21. The van der Waals surface area contributed by atoms with Gasteiger partial charge in [0.1, 0.15) is 17.7 Å². The van der Waals surface area contributed by atoms with Crippen molar-refractivity contribution < 1.29 is 4.79 Å². The number of nitrogens with zero attached hydrogens (tertiary/aromatic N) is 7. The molecule has 122 valence electrons. The Hall–Kier alpha value is -3.10. The van der Waals surface area contributed by atoms with E-state index in [-0.39, 0.29) is 11.9 Å². The zero-order chi connectivity index (χ0) is 16.7. The lowest BCUT2D eigenvalue weighted by Crippen LogP contribution is -2.32. The number of carbonyl (C=O) groups is 1. The van der Waals surface area contributed by atoms with Gasteiger partial charge in [-0.1, -0.05) is 0 Å². The van der Waals surface area contributed by atoms with E-state index in [0.717, 1.165) is 12.8 Å². The maximum Gasteiger partial charge on any atom is 0.275 e. The summed E-state index contributed by atoms with van der Waals surface area (Å²) in [6, 6.07) is 1.43. The molecule has 1 atom stereocenters. The summed E-state index contributed by atoms with van der Waals surface area (Å²) in [4.78, 5) is 35.9. The Morgan fingerprint density at radius 2 is 2.17 bits per heavy atom. The maximum absolute atomic E-state index is 13.0. The summed E-state index contributed by atoms with van der Waals surface area (Å²) in [6.45, 7) is 0.625. The largest absolute Gasteiger partial charge is 0.384 e. The fraction of sp³-hybridized carbons (Fsp3) is 0.333. The van der Waals surface area contributed by atoms with E-state index in [1.807, 2.05) is 7.05 Å². The van der Waals surface area contributed by atoms with E-state index in [1.54, 1.807) is 28.1 Å². The van der Waals surface area contributed by atoms with Crippen LogP contribution in [0.5, 0.6) is 0 Å². The number of likely N-dealkylation sites (tertiary alicyclic amines) is 1. The number of rotatable bonds is 2. The van der Waals surface area contributed by atoms with Gasteiger partial charge in [-0.2, -0.15) is 0 Å². The fourth-order valence-corrected chi connectivity index (χ4v) is 3.07. The Morgan fingerprint density at radius 1 is 1.29 bits per heavy atom. The van der Waals surface area contributed by atoms with E-state index in [2.05, 4.69) is 24.9 Å². The standard InChI is InChI=1S/C15H16N8O/c1-22-8-20-11-12(18-7-19-14(11)22)15(24)23-6-2-3-9(23)13-17-5-4-10(16)21-13/h4-5,7-9H,2-3,6H2,1H3,(H2,16,17,21). The van der Waals surface area contributed by atoms with E-state index in [0.29, 0.717) is 35.0 Å². The summed E-state index contributed by atoms with van der Waals surface area (Å²) >= 11 is 0. The molecule has 0 radical (unpaired) electrons. The first-order valence-electron chi connectivity index (χ1n) is 7.66. The van der Waals surface area contributed by atoms with E-state index < -0.39 is 0 Å². The van der Waals surface area contributed by atoms with E-state index >= 15 is 0 Å². The van der Waals surface area contributed by atoms with Crippen molar-refractivity contribution in [1.29, 1.82) is 0 Å². The molecule has 1 saturated heterocycles. The molecule has 0 spiro atoms. The minimum atomic E-state index is -0.199.